The summed E-state index contributed by atoms with van der Waals surface area (Å²) >= 11 is 0. The van der Waals surface area contributed by atoms with Crippen molar-refractivity contribution in [1.29, 1.82) is 0 Å². The first kappa shape index (κ1) is 22.7. The largest absolute Gasteiger partial charge is 0.478 e. The first-order valence-corrected chi connectivity index (χ1v) is 11.7. The predicted molar refractivity (Wildman–Crippen MR) is 132 cm³/mol. The van der Waals surface area contributed by atoms with E-state index in [-0.39, 0.29) is 24.0 Å². The van der Waals surface area contributed by atoms with E-state index in [9.17, 15) is 19.5 Å². The number of carboxylic acid groups (broad SMARTS) is 1. The summed E-state index contributed by atoms with van der Waals surface area (Å²) in [6, 6.07) is 20.2. The molecular formula is C28H26N2O5. The van der Waals surface area contributed by atoms with E-state index >= 15 is 0 Å². The van der Waals surface area contributed by atoms with Gasteiger partial charge in [-0.05, 0) is 65.8 Å². The lowest BCUT2D eigenvalue weighted by atomic mass is 9.98. The van der Waals surface area contributed by atoms with E-state index in [2.05, 4.69) is 29.6 Å². The minimum absolute atomic E-state index is 0.0587. The highest BCUT2D eigenvalue weighted by atomic mass is 16.5. The van der Waals surface area contributed by atoms with Crippen molar-refractivity contribution in [1.82, 2.24) is 5.32 Å². The third-order valence-electron chi connectivity index (χ3n) is 6.76. The Morgan fingerprint density at radius 1 is 1.03 bits per heavy atom. The lowest BCUT2D eigenvalue weighted by molar-refractivity contribution is -0.120. The van der Waals surface area contributed by atoms with Gasteiger partial charge in [-0.25, -0.2) is 9.59 Å². The van der Waals surface area contributed by atoms with Gasteiger partial charge in [0.25, 0.3) is 0 Å². The molecular weight excluding hydrogens is 444 g/mol. The number of carbonyl (C=O) groups is 3. The summed E-state index contributed by atoms with van der Waals surface area (Å²) in [7, 11) is 0. The van der Waals surface area contributed by atoms with Crippen LogP contribution in [0.1, 0.15) is 46.3 Å². The number of aryl methyl sites for hydroxylation is 1. The molecule has 0 aromatic heterocycles. The molecule has 3 aromatic rings. The highest BCUT2D eigenvalue weighted by molar-refractivity contribution is 6.00. The van der Waals surface area contributed by atoms with Crippen LogP contribution in [0.4, 0.5) is 10.5 Å². The zero-order valence-electron chi connectivity index (χ0n) is 19.4. The van der Waals surface area contributed by atoms with Crippen LogP contribution in [0.2, 0.25) is 0 Å². The monoisotopic (exact) mass is 470 g/mol. The Hall–Kier alpha value is -4.13. The number of rotatable bonds is 5. The molecule has 2 amide bonds. The fourth-order valence-corrected chi connectivity index (χ4v) is 5.07. The van der Waals surface area contributed by atoms with Crippen molar-refractivity contribution < 1.29 is 24.2 Å². The number of amides is 2. The number of hydrogen-bond donors (Lipinski definition) is 2. The van der Waals surface area contributed by atoms with Crippen molar-refractivity contribution in [2.45, 2.75) is 31.7 Å². The average molecular weight is 471 g/mol. The zero-order chi connectivity index (χ0) is 24.5. The molecule has 5 rings (SSSR count). The topological polar surface area (TPSA) is 95.9 Å². The fraction of sp³-hybridized carbons (Fsp3) is 0.250. The second kappa shape index (κ2) is 9.25. The van der Waals surface area contributed by atoms with Crippen molar-refractivity contribution in [2.75, 3.05) is 18.1 Å². The number of benzene rings is 3. The van der Waals surface area contributed by atoms with Gasteiger partial charge in [0.2, 0.25) is 5.91 Å². The Morgan fingerprint density at radius 2 is 1.69 bits per heavy atom. The van der Waals surface area contributed by atoms with Gasteiger partial charge in [-0.15, -0.1) is 0 Å². The van der Waals surface area contributed by atoms with Crippen molar-refractivity contribution in [2.24, 2.45) is 0 Å². The smallest absolute Gasteiger partial charge is 0.407 e. The molecule has 0 spiro atoms. The average Bonchev–Trinajstić information content (AvgIpc) is 3.20. The molecule has 1 aliphatic carbocycles. The van der Waals surface area contributed by atoms with Crippen molar-refractivity contribution in [3.63, 3.8) is 0 Å². The molecule has 2 N–H and O–H groups in total. The van der Waals surface area contributed by atoms with Crippen molar-refractivity contribution in [3.8, 4) is 11.1 Å². The van der Waals surface area contributed by atoms with E-state index in [0.29, 0.717) is 18.7 Å². The van der Waals surface area contributed by atoms with Crippen LogP contribution in [0.5, 0.6) is 0 Å². The lowest BCUT2D eigenvalue weighted by Crippen LogP contribution is -2.48. The molecule has 0 bridgehead atoms. The van der Waals surface area contributed by atoms with Crippen LogP contribution in [0.25, 0.3) is 11.1 Å². The first-order valence-electron chi connectivity index (χ1n) is 11.7. The number of hydrogen-bond acceptors (Lipinski definition) is 4. The molecule has 178 valence electrons. The quantitative estimate of drug-likeness (QED) is 0.569. The number of ether oxygens (including phenoxy) is 1. The third kappa shape index (κ3) is 4.25. The van der Waals surface area contributed by atoms with Crippen LogP contribution >= 0.6 is 0 Å². The van der Waals surface area contributed by atoms with E-state index in [1.807, 2.05) is 24.3 Å². The number of carboxylic acids is 1. The van der Waals surface area contributed by atoms with E-state index in [1.54, 1.807) is 24.0 Å². The maximum Gasteiger partial charge on any atom is 0.407 e. The minimum Gasteiger partial charge on any atom is -0.478 e. The molecule has 0 saturated carbocycles. The maximum atomic E-state index is 13.1. The van der Waals surface area contributed by atoms with Gasteiger partial charge in [-0.1, -0.05) is 48.5 Å². The van der Waals surface area contributed by atoms with E-state index < -0.39 is 18.1 Å². The van der Waals surface area contributed by atoms with Crippen LogP contribution in [-0.4, -0.2) is 42.3 Å². The number of nitrogens with zero attached hydrogens (tertiary/aromatic N) is 1. The molecule has 3 aromatic carbocycles. The molecule has 7 heteroatoms. The van der Waals surface area contributed by atoms with Crippen LogP contribution in [0.15, 0.2) is 66.7 Å². The van der Waals surface area contributed by atoms with Crippen LogP contribution in [-0.2, 0) is 16.0 Å². The van der Waals surface area contributed by atoms with Gasteiger partial charge in [-0.3, -0.25) is 4.79 Å². The second-order valence-electron chi connectivity index (χ2n) is 8.93. The van der Waals surface area contributed by atoms with Gasteiger partial charge in [-0.2, -0.15) is 0 Å². The number of nitrogens with one attached hydrogen (secondary N) is 1. The Kier molecular flexibility index (Phi) is 5.99. The van der Waals surface area contributed by atoms with Gasteiger partial charge in [0.15, 0.2) is 0 Å². The van der Waals surface area contributed by atoms with Gasteiger partial charge in [0.05, 0.1) is 5.56 Å². The molecule has 35 heavy (non-hydrogen) atoms. The summed E-state index contributed by atoms with van der Waals surface area (Å²) < 4.78 is 5.57. The Balaban J connectivity index is 1.24. The molecule has 1 aliphatic heterocycles. The zero-order valence-corrected chi connectivity index (χ0v) is 19.4. The number of anilines is 1. The highest BCUT2D eigenvalue weighted by Gasteiger charge is 2.31. The Morgan fingerprint density at radius 3 is 2.34 bits per heavy atom. The molecule has 0 radical (unpaired) electrons. The van der Waals surface area contributed by atoms with Gasteiger partial charge in [0.1, 0.15) is 12.6 Å². The maximum absolute atomic E-state index is 13.1. The molecule has 1 atom stereocenters. The minimum atomic E-state index is -0.999. The molecule has 0 unspecified atom stereocenters. The molecule has 7 nitrogen and oxygen atoms in total. The van der Waals surface area contributed by atoms with E-state index in [4.69, 9.17) is 4.74 Å². The van der Waals surface area contributed by atoms with Crippen molar-refractivity contribution >= 4 is 23.7 Å². The Bertz CT molecular complexity index is 1270. The van der Waals surface area contributed by atoms with Crippen LogP contribution in [0.3, 0.4) is 0 Å². The van der Waals surface area contributed by atoms with E-state index in [1.165, 1.54) is 6.07 Å². The SMILES string of the molecule is C[C@@H](NC(=O)OCC1c2ccccc2-c2ccccc21)C(=O)N1CCCc2cc(C(=O)O)ccc21. The fourth-order valence-electron chi connectivity index (χ4n) is 5.07. The summed E-state index contributed by atoms with van der Waals surface area (Å²) in [6.07, 6.45) is 0.777. The summed E-state index contributed by atoms with van der Waals surface area (Å²) in [5.41, 5.74) is 6.24. The summed E-state index contributed by atoms with van der Waals surface area (Å²) in [6.45, 7) is 2.31. The molecule has 2 aliphatic rings. The second-order valence-corrected chi connectivity index (χ2v) is 8.93. The number of alkyl carbamates (subject to hydrolysis) is 1. The van der Waals surface area contributed by atoms with Gasteiger partial charge < -0.3 is 20.1 Å². The molecule has 0 fully saturated rings. The van der Waals surface area contributed by atoms with Gasteiger partial charge >= 0.3 is 12.1 Å². The lowest BCUT2D eigenvalue weighted by Gasteiger charge is -2.31. The predicted octanol–water partition coefficient (Wildman–Crippen LogP) is 4.59. The number of aromatic carboxylic acids is 1. The highest BCUT2D eigenvalue weighted by Crippen LogP contribution is 2.44. The number of fused-ring (bicyclic) bond motifs is 4. The normalized spacial score (nSPS) is 14.9. The van der Waals surface area contributed by atoms with E-state index in [0.717, 1.165) is 34.2 Å². The van der Waals surface area contributed by atoms with Crippen LogP contribution in [0, 0.1) is 0 Å². The summed E-state index contributed by atoms with van der Waals surface area (Å²) in [4.78, 5) is 38.7. The van der Waals surface area contributed by atoms with Crippen LogP contribution < -0.4 is 10.2 Å². The number of carbonyl (C=O) groups excluding carboxylic acids is 2. The standard InChI is InChI=1S/C28H26N2O5/c1-17(26(31)30-14-6-7-18-15-19(27(32)33)12-13-25(18)30)29-28(34)35-16-24-22-10-4-2-8-20(22)21-9-3-5-11-23(21)24/h2-5,8-13,15,17,24H,6-7,14,16H2,1H3,(H,29,34)(H,32,33)/t17-/m1/s1. The first-order chi connectivity index (χ1) is 16.9. The van der Waals surface area contributed by atoms with Gasteiger partial charge in [0, 0.05) is 18.2 Å². The van der Waals surface area contributed by atoms with Crippen molar-refractivity contribution in [3.05, 3.63) is 89.0 Å². The molecule has 1 heterocycles. The molecule has 0 saturated heterocycles. The summed E-state index contributed by atoms with van der Waals surface area (Å²) in [5.74, 6) is -1.32. The third-order valence-corrected chi connectivity index (χ3v) is 6.76. The Labute approximate surface area is 203 Å². The summed E-state index contributed by atoms with van der Waals surface area (Å²) in [5, 5.41) is 11.9.